The molecule has 0 bridgehead atoms. The zero-order chi connectivity index (χ0) is 13.9. The summed E-state index contributed by atoms with van der Waals surface area (Å²) in [5.41, 5.74) is 4.64. The number of aryl methyl sites for hydroxylation is 1. The van der Waals surface area contributed by atoms with Gasteiger partial charge in [0.15, 0.2) is 0 Å². The molecule has 1 fully saturated rings. The smallest absolute Gasteiger partial charge is 0.0992 e. The monoisotopic (exact) mass is 262 g/mol. The Kier molecular flexibility index (Phi) is 3.43. The Labute approximate surface area is 120 Å². The van der Waals surface area contributed by atoms with Crippen molar-refractivity contribution < 1.29 is 0 Å². The van der Waals surface area contributed by atoms with Crippen molar-refractivity contribution in [3.05, 3.63) is 65.2 Å². The number of hydrogen-bond donors (Lipinski definition) is 1. The van der Waals surface area contributed by atoms with Crippen LogP contribution in [0.5, 0.6) is 0 Å². The summed E-state index contributed by atoms with van der Waals surface area (Å²) in [4.78, 5) is 0. The van der Waals surface area contributed by atoms with E-state index in [4.69, 9.17) is 5.26 Å². The maximum Gasteiger partial charge on any atom is 0.0992 e. The zero-order valence-electron chi connectivity index (χ0n) is 11.6. The van der Waals surface area contributed by atoms with E-state index in [0.29, 0.717) is 17.5 Å². The molecule has 100 valence electrons. The maximum absolute atomic E-state index is 8.91. The van der Waals surface area contributed by atoms with Gasteiger partial charge in [-0.1, -0.05) is 30.3 Å². The van der Waals surface area contributed by atoms with Gasteiger partial charge < -0.3 is 5.32 Å². The Morgan fingerprint density at radius 1 is 1.10 bits per heavy atom. The van der Waals surface area contributed by atoms with Gasteiger partial charge in [-0.3, -0.25) is 0 Å². The van der Waals surface area contributed by atoms with Crippen molar-refractivity contribution in [3.63, 3.8) is 0 Å². The van der Waals surface area contributed by atoms with Gasteiger partial charge in [-0.05, 0) is 55.0 Å². The van der Waals surface area contributed by atoms with Crippen molar-refractivity contribution in [3.8, 4) is 6.07 Å². The molecule has 0 amide bonds. The second-order valence-corrected chi connectivity index (χ2v) is 5.56. The number of rotatable bonds is 3. The zero-order valence-corrected chi connectivity index (χ0v) is 11.6. The lowest BCUT2D eigenvalue weighted by Gasteiger charge is -2.37. The summed E-state index contributed by atoms with van der Waals surface area (Å²) in [6, 6.07) is 19.1. The van der Waals surface area contributed by atoms with Gasteiger partial charge in [0.25, 0.3) is 0 Å². The molecule has 2 nitrogen and oxygen atoms in total. The number of nitrogens with one attached hydrogen (secondary N) is 1. The second-order valence-electron chi connectivity index (χ2n) is 5.56. The first-order chi connectivity index (χ1) is 9.76. The van der Waals surface area contributed by atoms with E-state index >= 15 is 0 Å². The van der Waals surface area contributed by atoms with Crippen LogP contribution in [-0.2, 0) is 0 Å². The molecule has 2 aromatic rings. The molecule has 0 radical (unpaired) electrons. The summed E-state index contributed by atoms with van der Waals surface area (Å²) in [7, 11) is 0. The SMILES string of the molecule is Cc1ccccc1C1CC(Nc2cccc(C#N)c2)C1. The third kappa shape index (κ3) is 2.53. The molecule has 0 aliphatic heterocycles. The molecule has 0 atom stereocenters. The number of anilines is 1. The van der Waals surface area contributed by atoms with Gasteiger partial charge in [0, 0.05) is 11.7 Å². The highest BCUT2D eigenvalue weighted by Crippen LogP contribution is 2.39. The molecule has 0 spiro atoms. The van der Waals surface area contributed by atoms with Crippen molar-refractivity contribution in [1.82, 2.24) is 0 Å². The normalized spacial score (nSPS) is 20.8. The molecule has 1 N–H and O–H groups in total. The minimum absolute atomic E-state index is 0.522. The predicted molar refractivity (Wildman–Crippen MR) is 81.7 cm³/mol. The molecule has 1 saturated carbocycles. The van der Waals surface area contributed by atoms with E-state index in [1.165, 1.54) is 24.0 Å². The standard InChI is InChI=1S/C18H18N2/c1-13-5-2-3-8-18(13)15-10-17(11-15)20-16-7-4-6-14(9-16)12-19/h2-9,15,17,20H,10-11H2,1H3. The molecule has 0 aromatic heterocycles. The van der Waals surface area contributed by atoms with Crippen LogP contribution in [0.2, 0.25) is 0 Å². The Morgan fingerprint density at radius 2 is 1.90 bits per heavy atom. The highest BCUT2D eigenvalue weighted by atomic mass is 14.9. The highest BCUT2D eigenvalue weighted by Gasteiger charge is 2.30. The van der Waals surface area contributed by atoms with Crippen LogP contribution < -0.4 is 5.32 Å². The number of nitrogens with zero attached hydrogens (tertiary/aromatic N) is 1. The van der Waals surface area contributed by atoms with Crippen LogP contribution in [0.4, 0.5) is 5.69 Å². The average molecular weight is 262 g/mol. The molecule has 2 aromatic carbocycles. The lowest BCUT2D eigenvalue weighted by molar-refractivity contribution is 0.373. The quantitative estimate of drug-likeness (QED) is 0.898. The van der Waals surface area contributed by atoms with E-state index in [0.717, 1.165) is 5.69 Å². The van der Waals surface area contributed by atoms with Crippen LogP contribution in [0, 0.1) is 18.3 Å². The van der Waals surface area contributed by atoms with Gasteiger partial charge in [0.05, 0.1) is 11.6 Å². The summed E-state index contributed by atoms with van der Waals surface area (Å²) in [6.45, 7) is 2.19. The van der Waals surface area contributed by atoms with Gasteiger partial charge in [0.2, 0.25) is 0 Å². The van der Waals surface area contributed by atoms with Crippen molar-refractivity contribution >= 4 is 5.69 Å². The second kappa shape index (κ2) is 5.38. The Hall–Kier alpha value is -2.27. The highest BCUT2D eigenvalue weighted by molar-refractivity contribution is 5.50. The third-order valence-electron chi connectivity index (χ3n) is 4.13. The maximum atomic E-state index is 8.91. The van der Waals surface area contributed by atoms with E-state index in [9.17, 15) is 0 Å². The van der Waals surface area contributed by atoms with E-state index in [1.54, 1.807) is 0 Å². The Morgan fingerprint density at radius 3 is 2.65 bits per heavy atom. The van der Waals surface area contributed by atoms with Gasteiger partial charge in [-0.25, -0.2) is 0 Å². The fourth-order valence-corrected chi connectivity index (χ4v) is 2.95. The van der Waals surface area contributed by atoms with E-state index < -0.39 is 0 Å². The first-order valence-electron chi connectivity index (χ1n) is 7.08. The minimum Gasteiger partial charge on any atom is -0.382 e. The number of nitriles is 1. The van der Waals surface area contributed by atoms with Crippen LogP contribution in [0.3, 0.4) is 0 Å². The molecule has 20 heavy (non-hydrogen) atoms. The Balaban J connectivity index is 1.61. The average Bonchev–Trinajstić information content (AvgIpc) is 2.44. The van der Waals surface area contributed by atoms with Crippen LogP contribution in [-0.4, -0.2) is 6.04 Å². The summed E-state index contributed by atoms with van der Waals surface area (Å²) in [5.74, 6) is 0.674. The van der Waals surface area contributed by atoms with E-state index in [-0.39, 0.29) is 0 Å². The molecule has 0 heterocycles. The van der Waals surface area contributed by atoms with E-state index in [2.05, 4.69) is 42.6 Å². The lowest BCUT2D eigenvalue weighted by Crippen LogP contribution is -2.34. The van der Waals surface area contributed by atoms with Crippen molar-refractivity contribution in [1.29, 1.82) is 5.26 Å². The first-order valence-corrected chi connectivity index (χ1v) is 7.08. The predicted octanol–water partition coefficient (Wildman–Crippen LogP) is 4.22. The van der Waals surface area contributed by atoms with Crippen molar-refractivity contribution in [2.24, 2.45) is 0 Å². The van der Waals surface area contributed by atoms with Crippen LogP contribution in [0.1, 0.15) is 35.4 Å². The van der Waals surface area contributed by atoms with Gasteiger partial charge in [0.1, 0.15) is 0 Å². The number of benzene rings is 2. The lowest BCUT2D eigenvalue weighted by atomic mass is 9.74. The molecule has 0 unspecified atom stereocenters. The number of hydrogen-bond acceptors (Lipinski definition) is 2. The molecule has 2 heteroatoms. The first kappa shape index (κ1) is 12.7. The van der Waals surface area contributed by atoms with Crippen molar-refractivity contribution in [2.45, 2.75) is 31.7 Å². The Bertz CT molecular complexity index is 648. The fraction of sp³-hybridized carbons (Fsp3) is 0.278. The van der Waals surface area contributed by atoms with Gasteiger partial charge in [-0.2, -0.15) is 5.26 Å². The fourth-order valence-electron chi connectivity index (χ4n) is 2.95. The summed E-state index contributed by atoms with van der Waals surface area (Å²) in [6.07, 6.45) is 2.34. The van der Waals surface area contributed by atoms with Crippen LogP contribution in [0.25, 0.3) is 0 Å². The minimum atomic E-state index is 0.522. The molecule has 3 rings (SSSR count). The summed E-state index contributed by atoms with van der Waals surface area (Å²) < 4.78 is 0. The largest absolute Gasteiger partial charge is 0.382 e. The summed E-state index contributed by atoms with van der Waals surface area (Å²) in [5, 5.41) is 12.4. The van der Waals surface area contributed by atoms with E-state index in [1.807, 2.05) is 24.3 Å². The van der Waals surface area contributed by atoms with Crippen LogP contribution in [0.15, 0.2) is 48.5 Å². The van der Waals surface area contributed by atoms with Gasteiger partial charge in [-0.15, -0.1) is 0 Å². The van der Waals surface area contributed by atoms with Crippen LogP contribution >= 0.6 is 0 Å². The molecule has 0 saturated heterocycles. The molecule has 1 aliphatic rings. The van der Waals surface area contributed by atoms with Crippen molar-refractivity contribution in [2.75, 3.05) is 5.32 Å². The molecule has 1 aliphatic carbocycles. The molecular formula is C18H18N2. The molecular weight excluding hydrogens is 244 g/mol. The topological polar surface area (TPSA) is 35.8 Å². The summed E-state index contributed by atoms with van der Waals surface area (Å²) >= 11 is 0. The third-order valence-corrected chi connectivity index (χ3v) is 4.13. The van der Waals surface area contributed by atoms with Gasteiger partial charge >= 0.3 is 0 Å².